The molecule has 0 saturated heterocycles. The fourth-order valence-electron chi connectivity index (χ4n) is 4.18. The number of carbonyl (C=O) groups is 1. The van der Waals surface area contributed by atoms with E-state index in [1.165, 1.54) is 0 Å². The molecule has 1 aliphatic heterocycles. The number of hydrogen-bond donors (Lipinski definition) is 2. The first-order chi connectivity index (χ1) is 12.1. The van der Waals surface area contributed by atoms with E-state index in [-0.39, 0.29) is 17.9 Å². The summed E-state index contributed by atoms with van der Waals surface area (Å²) in [5.41, 5.74) is 2.02. The maximum atomic E-state index is 11.4. The fraction of sp³-hybridized carbons (Fsp3) is 0.571. The number of allylic oxidation sites excluding steroid dienone is 2. The summed E-state index contributed by atoms with van der Waals surface area (Å²) < 4.78 is 5.99. The number of phenolic OH excluding ortho intramolecular Hbond substituents is 1. The Morgan fingerprint density at radius 1 is 1.36 bits per heavy atom. The number of ether oxygens (including phenoxy) is 1. The number of carbonyl (C=O) groups excluding carboxylic acids is 1. The third kappa shape index (κ3) is 4.17. The second-order valence-electron chi connectivity index (χ2n) is 7.38. The van der Waals surface area contributed by atoms with Crippen LogP contribution in [0.3, 0.4) is 0 Å². The van der Waals surface area contributed by atoms with Crippen LogP contribution in [0.1, 0.15) is 63.0 Å². The van der Waals surface area contributed by atoms with E-state index in [2.05, 4.69) is 30.5 Å². The SMILES string of the molecule is CCCC=CCc1cc(O)c2c(c1)OC[C@H]1CCC(NC(C)=O)C[C@@H]21. The Bertz CT molecular complexity index is 653. The topological polar surface area (TPSA) is 58.6 Å². The number of hydrogen-bond acceptors (Lipinski definition) is 3. The molecule has 1 unspecified atom stereocenters. The van der Waals surface area contributed by atoms with Crippen LogP contribution in [0.15, 0.2) is 24.3 Å². The van der Waals surface area contributed by atoms with Gasteiger partial charge in [0.25, 0.3) is 0 Å². The monoisotopic (exact) mass is 343 g/mol. The molecule has 4 nitrogen and oxygen atoms in total. The van der Waals surface area contributed by atoms with Crippen molar-refractivity contribution >= 4 is 5.91 Å². The van der Waals surface area contributed by atoms with Crippen LogP contribution in [0.25, 0.3) is 0 Å². The standard InChI is InChI=1S/C21H29NO3/c1-3-4-5-6-7-15-10-19(24)21-18-12-17(22-14(2)23)9-8-16(18)13-25-20(21)11-15/h5-6,10-11,16-18,24H,3-4,7-9,12-13H2,1-2H3,(H,22,23)/t16-,17?,18-/m1/s1. The molecule has 1 aromatic rings. The lowest BCUT2D eigenvalue weighted by atomic mass is 9.72. The van der Waals surface area contributed by atoms with E-state index >= 15 is 0 Å². The van der Waals surface area contributed by atoms with Crippen molar-refractivity contribution in [2.45, 2.75) is 64.3 Å². The molecule has 0 bridgehead atoms. The predicted molar refractivity (Wildman–Crippen MR) is 99.0 cm³/mol. The van der Waals surface area contributed by atoms with Crippen LogP contribution in [0, 0.1) is 5.92 Å². The van der Waals surface area contributed by atoms with Crippen LogP contribution < -0.4 is 10.1 Å². The van der Waals surface area contributed by atoms with Crippen molar-refractivity contribution in [3.05, 3.63) is 35.4 Å². The molecule has 4 heteroatoms. The van der Waals surface area contributed by atoms with Gasteiger partial charge in [0, 0.05) is 24.4 Å². The van der Waals surface area contributed by atoms with Crippen LogP contribution in [0.5, 0.6) is 11.5 Å². The highest BCUT2D eigenvalue weighted by Gasteiger charge is 2.38. The molecule has 0 spiro atoms. The molecule has 2 N–H and O–H groups in total. The average molecular weight is 343 g/mol. The number of nitrogens with one attached hydrogen (secondary N) is 1. The second-order valence-corrected chi connectivity index (χ2v) is 7.38. The molecule has 1 fully saturated rings. The van der Waals surface area contributed by atoms with Gasteiger partial charge in [0.15, 0.2) is 0 Å². The minimum atomic E-state index is 0.0224. The number of aromatic hydroxyl groups is 1. The van der Waals surface area contributed by atoms with Gasteiger partial charge in [0.05, 0.1) is 6.61 Å². The summed E-state index contributed by atoms with van der Waals surface area (Å²) in [5, 5.41) is 13.7. The van der Waals surface area contributed by atoms with Gasteiger partial charge in [-0.3, -0.25) is 4.79 Å². The van der Waals surface area contributed by atoms with Crippen LogP contribution in [0.4, 0.5) is 0 Å². The van der Waals surface area contributed by atoms with Gasteiger partial charge in [-0.15, -0.1) is 0 Å². The Morgan fingerprint density at radius 2 is 2.20 bits per heavy atom. The summed E-state index contributed by atoms with van der Waals surface area (Å²) >= 11 is 0. The lowest BCUT2D eigenvalue weighted by Gasteiger charge is -2.40. The molecule has 136 valence electrons. The predicted octanol–water partition coefficient (Wildman–Crippen LogP) is 4.07. The van der Waals surface area contributed by atoms with Crippen LogP contribution in [-0.2, 0) is 11.2 Å². The van der Waals surface area contributed by atoms with E-state index in [9.17, 15) is 9.90 Å². The van der Waals surface area contributed by atoms with Gasteiger partial charge in [0.2, 0.25) is 5.91 Å². The van der Waals surface area contributed by atoms with Gasteiger partial charge < -0.3 is 15.2 Å². The van der Waals surface area contributed by atoms with Crippen molar-refractivity contribution in [1.82, 2.24) is 5.32 Å². The lowest BCUT2D eigenvalue weighted by Crippen LogP contribution is -2.41. The zero-order valence-electron chi connectivity index (χ0n) is 15.3. The van der Waals surface area contributed by atoms with E-state index in [1.807, 2.05) is 6.07 Å². The zero-order valence-corrected chi connectivity index (χ0v) is 15.3. The highest BCUT2D eigenvalue weighted by Crippen LogP contribution is 2.49. The number of unbranched alkanes of at least 4 members (excludes halogenated alkanes) is 1. The quantitative estimate of drug-likeness (QED) is 0.792. The Balaban J connectivity index is 1.79. The highest BCUT2D eigenvalue weighted by atomic mass is 16.5. The maximum Gasteiger partial charge on any atom is 0.217 e. The van der Waals surface area contributed by atoms with Crippen molar-refractivity contribution in [3.63, 3.8) is 0 Å². The molecule has 1 saturated carbocycles. The first-order valence-electron chi connectivity index (χ1n) is 9.49. The van der Waals surface area contributed by atoms with Crippen molar-refractivity contribution < 1.29 is 14.6 Å². The number of rotatable bonds is 5. The van der Waals surface area contributed by atoms with Crippen molar-refractivity contribution in [2.75, 3.05) is 6.61 Å². The number of fused-ring (bicyclic) bond motifs is 3. The maximum absolute atomic E-state index is 11.4. The number of amides is 1. The largest absolute Gasteiger partial charge is 0.508 e. The molecular formula is C21H29NO3. The Labute approximate surface area is 150 Å². The van der Waals surface area contributed by atoms with Gasteiger partial charge in [-0.2, -0.15) is 0 Å². The number of phenols is 1. The minimum absolute atomic E-state index is 0.0224. The van der Waals surface area contributed by atoms with Crippen molar-refractivity contribution in [2.24, 2.45) is 5.92 Å². The molecule has 0 radical (unpaired) electrons. The van der Waals surface area contributed by atoms with Gasteiger partial charge in [-0.05, 0) is 55.7 Å². The Morgan fingerprint density at radius 3 is 2.96 bits per heavy atom. The van der Waals surface area contributed by atoms with Crippen LogP contribution in [0.2, 0.25) is 0 Å². The van der Waals surface area contributed by atoms with Crippen molar-refractivity contribution in [1.29, 1.82) is 0 Å². The van der Waals surface area contributed by atoms with Gasteiger partial charge in [-0.1, -0.05) is 25.5 Å². The molecule has 25 heavy (non-hydrogen) atoms. The van der Waals surface area contributed by atoms with Crippen LogP contribution >= 0.6 is 0 Å². The minimum Gasteiger partial charge on any atom is -0.508 e. The molecule has 2 aliphatic rings. The van der Waals surface area contributed by atoms with Gasteiger partial charge >= 0.3 is 0 Å². The van der Waals surface area contributed by atoms with Crippen molar-refractivity contribution in [3.8, 4) is 11.5 Å². The van der Waals surface area contributed by atoms with Crippen LogP contribution in [-0.4, -0.2) is 23.7 Å². The smallest absolute Gasteiger partial charge is 0.217 e. The van der Waals surface area contributed by atoms with E-state index in [1.54, 1.807) is 6.92 Å². The van der Waals surface area contributed by atoms with E-state index in [4.69, 9.17) is 4.74 Å². The fourth-order valence-corrected chi connectivity index (χ4v) is 4.18. The van der Waals surface area contributed by atoms with E-state index in [0.717, 1.165) is 55.4 Å². The third-order valence-corrected chi connectivity index (χ3v) is 5.38. The van der Waals surface area contributed by atoms with E-state index in [0.29, 0.717) is 18.3 Å². The molecule has 1 amide bonds. The Kier molecular flexibility index (Phi) is 5.67. The molecule has 3 atom stereocenters. The summed E-state index contributed by atoms with van der Waals surface area (Å²) in [6.07, 6.45) is 10.3. The van der Waals surface area contributed by atoms with Gasteiger partial charge in [0.1, 0.15) is 11.5 Å². The first kappa shape index (κ1) is 17.8. The normalized spacial score (nSPS) is 25.1. The summed E-state index contributed by atoms with van der Waals surface area (Å²) in [6, 6.07) is 4.15. The zero-order chi connectivity index (χ0) is 17.8. The highest BCUT2D eigenvalue weighted by molar-refractivity contribution is 5.73. The second kappa shape index (κ2) is 7.94. The summed E-state index contributed by atoms with van der Waals surface area (Å²) in [5.74, 6) is 1.88. The molecule has 1 aliphatic carbocycles. The molecule has 1 aromatic carbocycles. The molecular weight excluding hydrogens is 314 g/mol. The molecule has 3 rings (SSSR count). The lowest BCUT2D eigenvalue weighted by molar-refractivity contribution is -0.120. The third-order valence-electron chi connectivity index (χ3n) is 5.38. The molecule has 1 heterocycles. The first-order valence-corrected chi connectivity index (χ1v) is 9.49. The Hall–Kier alpha value is -1.97. The summed E-state index contributed by atoms with van der Waals surface area (Å²) in [6.45, 7) is 4.44. The summed E-state index contributed by atoms with van der Waals surface area (Å²) in [7, 11) is 0. The van der Waals surface area contributed by atoms with E-state index < -0.39 is 0 Å². The molecule has 0 aromatic heterocycles. The average Bonchev–Trinajstić information content (AvgIpc) is 2.57. The van der Waals surface area contributed by atoms with Gasteiger partial charge in [-0.25, -0.2) is 0 Å². The summed E-state index contributed by atoms with van der Waals surface area (Å²) in [4.78, 5) is 11.4. The number of benzene rings is 1.